The molecule has 22 heavy (non-hydrogen) atoms. The van der Waals surface area contributed by atoms with E-state index in [9.17, 15) is 8.78 Å². The molecule has 3 rings (SSSR count). The molecule has 0 bridgehead atoms. The average molecular weight is 300 g/mol. The molecule has 2 aromatic rings. The highest BCUT2D eigenvalue weighted by Gasteiger charge is 2.27. The van der Waals surface area contributed by atoms with E-state index in [0.717, 1.165) is 42.7 Å². The molecule has 0 N–H and O–H groups in total. The van der Waals surface area contributed by atoms with Crippen LogP contribution in [0.1, 0.15) is 50.5 Å². The van der Waals surface area contributed by atoms with Crippen LogP contribution in [0.2, 0.25) is 0 Å². The molecular weight excluding hydrogens is 278 g/mol. The van der Waals surface area contributed by atoms with Gasteiger partial charge in [0.1, 0.15) is 0 Å². The highest BCUT2D eigenvalue weighted by molar-refractivity contribution is 5.68. The Hall–Kier alpha value is -1.70. The quantitative estimate of drug-likeness (QED) is 0.622. The van der Waals surface area contributed by atoms with Crippen molar-refractivity contribution in [1.29, 1.82) is 0 Å². The summed E-state index contributed by atoms with van der Waals surface area (Å²) in [5.41, 5.74) is 2.40. The van der Waals surface area contributed by atoms with Gasteiger partial charge >= 0.3 is 0 Å². The molecule has 0 radical (unpaired) electrons. The van der Waals surface area contributed by atoms with Crippen molar-refractivity contribution in [1.82, 2.24) is 0 Å². The van der Waals surface area contributed by atoms with Crippen molar-refractivity contribution in [3.63, 3.8) is 0 Å². The van der Waals surface area contributed by atoms with Crippen molar-refractivity contribution in [3.05, 3.63) is 59.7 Å². The second-order valence-electron chi connectivity index (χ2n) is 6.31. The maximum absolute atomic E-state index is 14.5. The number of hydrogen-bond donors (Lipinski definition) is 0. The lowest BCUT2D eigenvalue weighted by molar-refractivity contribution is 0.313. The van der Waals surface area contributed by atoms with Crippen molar-refractivity contribution in [2.45, 2.75) is 44.9 Å². The molecule has 1 saturated carbocycles. The van der Waals surface area contributed by atoms with Gasteiger partial charge in [-0.25, -0.2) is 8.78 Å². The topological polar surface area (TPSA) is 0 Å². The van der Waals surface area contributed by atoms with Crippen molar-refractivity contribution in [3.8, 4) is 11.1 Å². The van der Waals surface area contributed by atoms with Crippen LogP contribution >= 0.6 is 0 Å². The van der Waals surface area contributed by atoms with Crippen LogP contribution in [0, 0.1) is 17.6 Å². The molecule has 0 atom stereocenters. The molecular formula is C20H22F2. The lowest BCUT2D eigenvalue weighted by atomic mass is 9.76. The summed E-state index contributed by atoms with van der Waals surface area (Å²) in [6.07, 6.45) is 5.33. The lowest BCUT2D eigenvalue weighted by Gasteiger charge is -2.29. The van der Waals surface area contributed by atoms with Gasteiger partial charge in [0.25, 0.3) is 0 Å². The van der Waals surface area contributed by atoms with Gasteiger partial charge in [-0.15, -0.1) is 0 Å². The third kappa shape index (κ3) is 2.92. The zero-order chi connectivity index (χ0) is 15.5. The normalized spacial score (nSPS) is 21.8. The largest absolute Gasteiger partial charge is 0.204 e. The smallest absolute Gasteiger partial charge is 0.162 e. The Morgan fingerprint density at radius 1 is 0.909 bits per heavy atom. The average Bonchev–Trinajstić information content (AvgIpc) is 2.58. The Morgan fingerprint density at radius 2 is 1.59 bits per heavy atom. The summed E-state index contributed by atoms with van der Waals surface area (Å²) in [4.78, 5) is 0. The molecule has 0 aromatic heterocycles. The van der Waals surface area contributed by atoms with Gasteiger partial charge in [0.2, 0.25) is 0 Å². The van der Waals surface area contributed by atoms with Gasteiger partial charge in [0.15, 0.2) is 11.6 Å². The molecule has 2 aromatic carbocycles. The fourth-order valence-corrected chi connectivity index (χ4v) is 3.69. The van der Waals surface area contributed by atoms with Crippen molar-refractivity contribution >= 4 is 0 Å². The Bertz CT molecular complexity index is 626. The van der Waals surface area contributed by atoms with E-state index in [4.69, 9.17) is 0 Å². The van der Waals surface area contributed by atoms with Gasteiger partial charge in [0, 0.05) is 5.56 Å². The summed E-state index contributed by atoms with van der Waals surface area (Å²) < 4.78 is 28.3. The molecule has 116 valence electrons. The number of rotatable bonds is 3. The summed E-state index contributed by atoms with van der Waals surface area (Å²) >= 11 is 0. The number of hydrogen-bond acceptors (Lipinski definition) is 0. The summed E-state index contributed by atoms with van der Waals surface area (Å²) in [7, 11) is 0. The monoisotopic (exact) mass is 300 g/mol. The van der Waals surface area contributed by atoms with Gasteiger partial charge in [0.05, 0.1) is 0 Å². The van der Waals surface area contributed by atoms with Crippen LogP contribution in [0.25, 0.3) is 11.1 Å². The second kappa shape index (κ2) is 6.60. The van der Waals surface area contributed by atoms with E-state index in [0.29, 0.717) is 5.56 Å². The SMILES string of the molecule is CC[C@H]1CC[C@H](c2c(-c3ccccc3)ccc(F)c2F)CC1. The van der Waals surface area contributed by atoms with E-state index in [1.54, 1.807) is 6.07 Å². The minimum absolute atomic E-state index is 0.133. The molecule has 0 spiro atoms. The molecule has 0 unspecified atom stereocenters. The molecule has 0 heterocycles. The Balaban J connectivity index is 2.00. The first-order valence-corrected chi connectivity index (χ1v) is 8.24. The molecule has 2 heteroatoms. The summed E-state index contributed by atoms with van der Waals surface area (Å²) in [5, 5.41) is 0. The minimum Gasteiger partial charge on any atom is -0.204 e. The molecule has 0 nitrogen and oxygen atoms in total. The Morgan fingerprint density at radius 3 is 2.23 bits per heavy atom. The molecule has 1 aliphatic carbocycles. The first-order chi connectivity index (χ1) is 10.7. The van der Waals surface area contributed by atoms with Crippen LogP contribution in [0.3, 0.4) is 0 Å². The van der Waals surface area contributed by atoms with Crippen LogP contribution in [0.4, 0.5) is 8.78 Å². The zero-order valence-electron chi connectivity index (χ0n) is 13.0. The summed E-state index contributed by atoms with van der Waals surface area (Å²) in [5.74, 6) is -0.504. The Kier molecular flexibility index (Phi) is 4.56. The molecule has 1 aliphatic rings. The molecule has 0 amide bonds. The standard InChI is InChI=1S/C20H22F2/c1-2-14-8-10-16(11-9-14)19-17(12-13-18(21)20(19)22)15-6-4-3-5-7-15/h3-7,12-14,16H,2,8-11H2,1H3/t14-,16-. The van der Waals surface area contributed by atoms with Crippen LogP contribution in [-0.2, 0) is 0 Å². The van der Waals surface area contributed by atoms with Gasteiger partial charge in [-0.3, -0.25) is 0 Å². The second-order valence-corrected chi connectivity index (χ2v) is 6.31. The first kappa shape index (κ1) is 15.2. The predicted molar refractivity (Wildman–Crippen MR) is 86.8 cm³/mol. The predicted octanol–water partition coefficient (Wildman–Crippen LogP) is 6.32. The van der Waals surface area contributed by atoms with Gasteiger partial charge < -0.3 is 0 Å². The highest BCUT2D eigenvalue weighted by atomic mass is 19.2. The Labute approximate surface area is 131 Å². The number of benzene rings is 2. The first-order valence-electron chi connectivity index (χ1n) is 8.24. The molecule has 0 aliphatic heterocycles. The third-order valence-electron chi connectivity index (χ3n) is 5.05. The van der Waals surface area contributed by atoms with Crippen molar-refractivity contribution in [2.24, 2.45) is 5.92 Å². The van der Waals surface area contributed by atoms with E-state index < -0.39 is 11.6 Å². The van der Waals surface area contributed by atoms with E-state index in [-0.39, 0.29) is 5.92 Å². The van der Waals surface area contributed by atoms with E-state index in [2.05, 4.69) is 6.92 Å². The molecule has 0 saturated heterocycles. The third-order valence-corrected chi connectivity index (χ3v) is 5.05. The van der Waals surface area contributed by atoms with Gasteiger partial charge in [-0.1, -0.05) is 49.7 Å². The highest BCUT2D eigenvalue weighted by Crippen LogP contribution is 2.42. The maximum Gasteiger partial charge on any atom is 0.162 e. The van der Waals surface area contributed by atoms with E-state index >= 15 is 0 Å². The van der Waals surface area contributed by atoms with Crippen molar-refractivity contribution < 1.29 is 8.78 Å². The van der Waals surface area contributed by atoms with Gasteiger partial charge in [-0.05, 0) is 54.7 Å². The zero-order valence-corrected chi connectivity index (χ0v) is 13.0. The fourth-order valence-electron chi connectivity index (χ4n) is 3.69. The van der Waals surface area contributed by atoms with Gasteiger partial charge in [-0.2, -0.15) is 0 Å². The fraction of sp³-hybridized carbons (Fsp3) is 0.400. The molecule has 1 fully saturated rings. The van der Waals surface area contributed by atoms with Crippen LogP contribution in [0.5, 0.6) is 0 Å². The van der Waals surface area contributed by atoms with Crippen LogP contribution in [-0.4, -0.2) is 0 Å². The summed E-state index contributed by atoms with van der Waals surface area (Å²) in [6.45, 7) is 2.21. The van der Waals surface area contributed by atoms with E-state index in [1.165, 1.54) is 12.5 Å². The van der Waals surface area contributed by atoms with E-state index in [1.807, 2.05) is 30.3 Å². The van der Waals surface area contributed by atoms with Crippen LogP contribution in [0.15, 0.2) is 42.5 Å². The minimum atomic E-state index is -0.729. The summed E-state index contributed by atoms with van der Waals surface area (Å²) in [6, 6.07) is 12.7. The van der Waals surface area contributed by atoms with Crippen LogP contribution < -0.4 is 0 Å². The number of halogens is 2. The maximum atomic E-state index is 14.5. The van der Waals surface area contributed by atoms with Crippen molar-refractivity contribution in [2.75, 3.05) is 0 Å². The lowest BCUT2D eigenvalue weighted by Crippen LogP contribution is -2.15.